The Morgan fingerprint density at radius 2 is 2.00 bits per heavy atom. The third-order valence-electron chi connectivity index (χ3n) is 2.81. The maximum absolute atomic E-state index is 5.68. The van der Waals surface area contributed by atoms with E-state index >= 15 is 0 Å². The van der Waals surface area contributed by atoms with Crippen molar-refractivity contribution in [3.8, 4) is 0 Å². The van der Waals surface area contributed by atoms with Crippen LogP contribution in [0.5, 0.6) is 0 Å². The van der Waals surface area contributed by atoms with Gasteiger partial charge in [0.2, 0.25) is 0 Å². The summed E-state index contributed by atoms with van der Waals surface area (Å²) in [6, 6.07) is 2.04. The van der Waals surface area contributed by atoms with E-state index in [1.165, 1.54) is 0 Å². The highest BCUT2D eigenvalue weighted by atomic mass is 16.5. The molecule has 108 valence electrons. The van der Waals surface area contributed by atoms with Crippen molar-refractivity contribution in [3.63, 3.8) is 0 Å². The Kier molecular flexibility index (Phi) is 6.95. The maximum Gasteiger partial charge on any atom is 0.157 e. The number of aromatic nitrogens is 2. The van der Waals surface area contributed by atoms with Crippen LogP contribution < -0.4 is 5.32 Å². The predicted molar refractivity (Wildman–Crippen MR) is 78.0 cm³/mol. The van der Waals surface area contributed by atoms with Gasteiger partial charge in [0.05, 0.1) is 5.69 Å². The van der Waals surface area contributed by atoms with Crippen LogP contribution in [-0.4, -0.2) is 23.1 Å². The van der Waals surface area contributed by atoms with Crippen LogP contribution in [0.2, 0.25) is 0 Å². The van der Waals surface area contributed by atoms with Gasteiger partial charge in [-0.05, 0) is 38.8 Å². The topological polar surface area (TPSA) is 47.0 Å². The fraction of sp³-hybridized carbons (Fsp3) is 0.733. The zero-order valence-corrected chi connectivity index (χ0v) is 12.9. The first-order valence-corrected chi connectivity index (χ1v) is 7.23. The van der Waals surface area contributed by atoms with Crippen molar-refractivity contribution in [3.05, 3.63) is 23.3 Å². The minimum absolute atomic E-state index is 0.00810. The highest BCUT2D eigenvalue weighted by Crippen LogP contribution is 2.17. The molecule has 0 radical (unpaired) electrons. The lowest BCUT2D eigenvalue weighted by atomic mass is 10.2. The Morgan fingerprint density at radius 3 is 2.58 bits per heavy atom. The van der Waals surface area contributed by atoms with Crippen molar-refractivity contribution in [1.29, 1.82) is 0 Å². The third kappa shape index (κ3) is 5.66. The molecule has 0 aromatic carbocycles. The first kappa shape index (κ1) is 16.1. The SMILES string of the molecule is CCOC(CC)c1nc(C)cc(CNCC(C)C)n1. The fourth-order valence-electron chi connectivity index (χ4n) is 1.96. The van der Waals surface area contributed by atoms with Crippen molar-refractivity contribution in [2.24, 2.45) is 5.92 Å². The van der Waals surface area contributed by atoms with E-state index in [0.717, 1.165) is 36.7 Å². The third-order valence-corrected chi connectivity index (χ3v) is 2.81. The minimum atomic E-state index is 0.00810. The van der Waals surface area contributed by atoms with Gasteiger partial charge in [-0.3, -0.25) is 0 Å². The number of hydrogen-bond donors (Lipinski definition) is 1. The normalized spacial score (nSPS) is 12.9. The molecular formula is C15H27N3O. The van der Waals surface area contributed by atoms with Crippen LogP contribution in [0.25, 0.3) is 0 Å². The largest absolute Gasteiger partial charge is 0.371 e. The number of nitrogens with zero attached hydrogens (tertiary/aromatic N) is 2. The number of rotatable bonds is 8. The lowest BCUT2D eigenvalue weighted by Crippen LogP contribution is -2.20. The molecule has 4 heteroatoms. The summed E-state index contributed by atoms with van der Waals surface area (Å²) in [5, 5.41) is 3.41. The molecule has 1 aromatic rings. The summed E-state index contributed by atoms with van der Waals surface area (Å²) in [7, 11) is 0. The van der Waals surface area contributed by atoms with Crippen molar-refractivity contribution >= 4 is 0 Å². The lowest BCUT2D eigenvalue weighted by molar-refractivity contribution is 0.0532. The van der Waals surface area contributed by atoms with Crippen LogP contribution in [0.3, 0.4) is 0 Å². The van der Waals surface area contributed by atoms with Gasteiger partial charge >= 0.3 is 0 Å². The van der Waals surface area contributed by atoms with Gasteiger partial charge in [-0.2, -0.15) is 0 Å². The summed E-state index contributed by atoms with van der Waals surface area (Å²) < 4.78 is 5.68. The molecular weight excluding hydrogens is 238 g/mol. The van der Waals surface area contributed by atoms with Crippen molar-refractivity contribution < 1.29 is 4.74 Å². The zero-order valence-electron chi connectivity index (χ0n) is 12.9. The van der Waals surface area contributed by atoms with Gasteiger partial charge in [-0.25, -0.2) is 9.97 Å². The van der Waals surface area contributed by atoms with Gasteiger partial charge in [-0.1, -0.05) is 20.8 Å². The van der Waals surface area contributed by atoms with Crippen LogP contribution in [0.1, 0.15) is 57.4 Å². The highest BCUT2D eigenvalue weighted by molar-refractivity contribution is 5.11. The van der Waals surface area contributed by atoms with E-state index < -0.39 is 0 Å². The van der Waals surface area contributed by atoms with Crippen molar-refractivity contribution in [2.45, 2.75) is 53.7 Å². The Balaban J connectivity index is 2.75. The molecule has 1 unspecified atom stereocenters. The average Bonchev–Trinajstić information content (AvgIpc) is 2.34. The van der Waals surface area contributed by atoms with E-state index in [4.69, 9.17) is 4.74 Å². The van der Waals surface area contributed by atoms with Crippen LogP contribution >= 0.6 is 0 Å². The molecule has 0 amide bonds. The van der Waals surface area contributed by atoms with E-state index in [-0.39, 0.29) is 6.10 Å². The van der Waals surface area contributed by atoms with Gasteiger partial charge in [0.1, 0.15) is 6.10 Å². The Bertz CT molecular complexity index is 380. The van der Waals surface area contributed by atoms with E-state index in [1.54, 1.807) is 0 Å². The molecule has 19 heavy (non-hydrogen) atoms. The molecule has 0 aliphatic rings. The van der Waals surface area contributed by atoms with Crippen molar-refractivity contribution in [1.82, 2.24) is 15.3 Å². The van der Waals surface area contributed by atoms with Crippen LogP contribution in [0, 0.1) is 12.8 Å². The van der Waals surface area contributed by atoms with Crippen molar-refractivity contribution in [2.75, 3.05) is 13.2 Å². The molecule has 0 bridgehead atoms. The summed E-state index contributed by atoms with van der Waals surface area (Å²) in [5.74, 6) is 1.46. The van der Waals surface area contributed by atoms with Gasteiger partial charge in [0.15, 0.2) is 5.82 Å². The van der Waals surface area contributed by atoms with E-state index in [1.807, 2.05) is 19.9 Å². The molecule has 4 nitrogen and oxygen atoms in total. The molecule has 0 saturated heterocycles. The molecule has 0 aliphatic heterocycles. The molecule has 1 aromatic heterocycles. The lowest BCUT2D eigenvalue weighted by Gasteiger charge is -2.15. The Morgan fingerprint density at radius 1 is 1.26 bits per heavy atom. The maximum atomic E-state index is 5.68. The smallest absolute Gasteiger partial charge is 0.157 e. The summed E-state index contributed by atoms with van der Waals surface area (Å²) in [6.07, 6.45) is 0.907. The van der Waals surface area contributed by atoms with Gasteiger partial charge in [0, 0.05) is 18.8 Å². The minimum Gasteiger partial charge on any atom is -0.371 e. The van der Waals surface area contributed by atoms with Crippen LogP contribution in [0.4, 0.5) is 0 Å². The summed E-state index contributed by atoms with van der Waals surface area (Å²) >= 11 is 0. The van der Waals surface area contributed by atoms with E-state index in [9.17, 15) is 0 Å². The molecule has 1 N–H and O–H groups in total. The fourth-order valence-corrected chi connectivity index (χ4v) is 1.96. The number of aryl methyl sites for hydroxylation is 1. The molecule has 1 heterocycles. The second-order valence-electron chi connectivity index (χ2n) is 5.24. The van der Waals surface area contributed by atoms with Crippen LogP contribution in [-0.2, 0) is 11.3 Å². The Labute approximate surface area is 117 Å². The Hall–Kier alpha value is -1.00. The monoisotopic (exact) mass is 265 g/mol. The highest BCUT2D eigenvalue weighted by Gasteiger charge is 2.13. The van der Waals surface area contributed by atoms with Gasteiger partial charge < -0.3 is 10.1 Å². The molecule has 0 saturated carbocycles. The predicted octanol–water partition coefficient (Wildman–Crippen LogP) is 3.02. The molecule has 0 fully saturated rings. The van der Waals surface area contributed by atoms with E-state index in [2.05, 4.69) is 36.1 Å². The molecule has 0 aliphatic carbocycles. The molecule has 0 spiro atoms. The van der Waals surface area contributed by atoms with Crippen LogP contribution in [0.15, 0.2) is 6.07 Å². The zero-order chi connectivity index (χ0) is 14.3. The van der Waals surface area contributed by atoms with Gasteiger partial charge in [0.25, 0.3) is 0 Å². The summed E-state index contributed by atoms with van der Waals surface area (Å²) in [6.45, 7) is 13.0. The average molecular weight is 265 g/mol. The molecule has 1 atom stereocenters. The number of nitrogens with one attached hydrogen (secondary N) is 1. The number of hydrogen-bond acceptors (Lipinski definition) is 4. The first-order valence-electron chi connectivity index (χ1n) is 7.23. The van der Waals surface area contributed by atoms with E-state index in [0.29, 0.717) is 12.5 Å². The quantitative estimate of drug-likeness (QED) is 0.785. The molecule has 1 rings (SSSR count). The second-order valence-corrected chi connectivity index (χ2v) is 5.24. The van der Waals surface area contributed by atoms with Gasteiger partial charge in [-0.15, -0.1) is 0 Å². The first-order chi connectivity index (χ1) is 9.06. The summed E-state index contributed by atoms with van der Waals surface area (Å²) in [5.41, 5.74) is 2.05. The standard InChI is InChI=1S/C15H27N3O/c1-6-14(19-7-2)15-17-12(5)8-13(18-15)10-16-9-11(3)4/h8,11,14,16H,6-7,9-10H2,1-5H3. The summed E-state index contributed by atoms with van der Waals surface area (Å²) in [4.78, 5) is 9.12. The number of ether oxygens (including phenoxy) is 1. The second kappa shape index (κ2) is 8.23.